The summed E-state index contributed by atoms with van der Waals surface area (Å²) in [5.74, 6) is 0. The van der Waals surface area contributed by atoms with Gasteiger partial charge in [0.1, 0.15) is 0 Å². The zero-order valence-electron chi connectivity index (χ0n) is 11.4. The first-order valence-electron chi connectivity index (χ1n) is 7.39. The van der Waals surface area contributed by atoms with Crippen LogP contribution in [-0.2, 0) is 6.42 Å². The lowest BCUT2D eigenvalue weighted by Gasteiger charge is -2.42. The van der Waals surface area contributed by atoms with Crippen LogP contribution in [0.4, 0.5) is 0 Å². The third-order valence-corrected chi connectivity index (χ3v) is 4.66. The number of piperidine rings is 1. The first-order chi connectivity index (χ1) is 8.90. The van der Waals surface area contributed by atoms with E-state index in [9.17, 15) is 0 Å². The van der Waals surface area contributed by atoms with Crippen LogP contribution in [0, 0.1) is 0 Å². The van der Waals surface area contributed by atoms with Gasteiger partial charge < -0.3 is 5.32 Å². The van der Waals surface area contributed by atoms with Crippen LogP contribution in [0.1, 0.15) is 42.9 Å². The first-order valence-corrected chi connectivity index (χ1v) is 7.39. The third-order valence-electron chi connectivity index (χ3n) is 4.66. The molecule has 18 heavy (non-hydrogen) atoms. The van der Waals surface area contributed by atoms with Crippen LogP contribution in [-0.4, -0.2) is 31.1 Å². The maximum absolute atomic E-state index is 3.57. The Balaban J connectivity index is 1.84. The van der Waals surface area contributed by atoms with E-state index < -0.39 is 0 Å². The molecule has 0 aromatic heterocycles. The average molecular weight is 244 g/mol. The predicted octanol–water partition coefficient (Wildman–Crippen LogP) is 2.75. The smallest absolute Gasteiger partial charge is 0.0478 e. The maximum atomic E-state index is 3.57. The summed E-state index contributed by atoms with van der Waals surface area (Å²) < 4.78 is 0. The molecule has 98 valence electrons. The molecule has 1 saturated heterocycles. The fourth-order valence-corrected chi connectivity index (χ4v) is 3.73. The molecule has 2 aliphatic rings. The molecule has 0 amide bonds. The number of fused-ring (bicyclic) bond motifs is 1. The van der Waals surface area contributed by atoms with E-state index in [0.717, 1.165) is 0 Å². The lowest BCUT2D eigenvalue weighted by atomic mass is 9.82. The van der Waals surface area contributed by atoms with E-state index in [0.29, 0.717) is 12.1 Å². The number of likely N-dealkylation sites (N-methyl/N-ethyl adjacent to an activating group) is 1. The molecule has 0 radical (unpaired) electrons. The van der Waals surface area contributed by atoms with Crippen molar-refractivity contribution in [2.24, 2.45) is 0 Å². The highest BCUT2D eigenvalue weighted by Gasteiger charge is 2.32. The molecule has 1 aromatic carbocycles. The molecule has 2 unspecified atom stereocenters. The van der Waals surface area contributed by atoms with Crippen molar-refractivity contribution >= 4 is 0 Å². The summed E-state index contributed by atoms with van der Waals surface area (Å²) in [4.78, 5) is 2.72. The first kappa shape index (κ1) is 12.2. The SMILES string of the molecule is CNC1c2ccccc2CCC1N1CCCCC1. The Morgan fingerprint density at radius 2 is 1.89 bits per heavy atom. The largest absolute Gasteiger partial charge is 0.312 e. The van der Waals surface area contributed by atoms with Gasteiger partial charge in [-0.05, 0) is 56.9 Å². The molecule has 3 rings (SSSR count). The van der Waals surface area contributed by atoms with Crippen LogP contribution in [0.5, 0.6) is 0 Å². The second kappa shape index (κ2) is 5.41. The quantitative estimate of drug-likeness (QED) is 0.860. The standard InChI is InChI=1S/C16H24N2/c1-17-16-14-8-4-3-7-13(14)9-10-15(16)18-11-5-2-6-12-18/h3-4,7-8,15-17H,2,5-6,9-12H2,1H3. The average Bonchev–Trinajstić information content (AvgIpc) is 2.47. The van der Waals surface area contributed by atoms with Crippen molar-refractivity contribution < 1.29 is 0 Å². The molecular weight excluding hydrogens is 220 g/mol. The van der Waals surface area contributed by atoms with E-state index in [2.05, 4.69) is 41.5 Å². The number of hydrogen-bond donors (Lipinski definition) is 1. The zero-order chi connectivity index (χ0) is 12.4. The Labute approximate surface area is 110 Å². The molecule has 2 atom stereocenters. The van der Waals surface area contributed by atoms with Gasteiger partial charge in [-0.3, -0.25) is 4.90 Å². The highest BCUT2D eigenvalue weighted by atomic mass is 15.2. The van der Waals surface area contributed by atoms with Gasteiger partial charge in [-0.1, -0.05) is 30.7 Å². The van der Waals surface area contributed by atoms with E-state index in [4.69, 9.17) is 0 Å². The molecule has 2 heteroatoms. The summed E-state index contributed by atoms with van der Waals surface area (Å²) in [6.45, 7) is 2.59. The van der Waals surface area contributed by atoms with Crippen LogP contribution in [0.25, 0.3) is 0 Å². The molecule has 0 spiro atoms. The van der Waals surface area contributed by atoms with Gasteiger partial charge in [0.15, 0.2) is 0 Å². The second-order valence-corrected chi connectivity index (χ2v) is 5.67. The van der Waals surface area contributed by atoms with Gasteiger partial charge >= 0.3 is 0 Å². The van der Waals surface area contributed by atoms with E-state index in [1.807, 2.05) is 0 Å². The molecule has 2 nitrogen and oxygen atoms in total. The van der Waals surface area contributed by atoms with Crippen LogP contribution >= 0.6 is 0 Å². The lowest BCUT2D eigenvalue weighted by molar-refractivity contribution is 0.119. The number of rotatable bonds is 2. The van der Waals surface area contributed by atoms with Crippen LogP contribution in [0.3, 0.4) is 0 Å². The molecule has 1 aliphatic carbocycles. The van der Waals surface area contributed by atoms with Crippen molar-refractivity contribution in [2.45, 2.75) is 44.2 Å². The van der Waals surface area contributed by atoms with Crippen molar-refractivity contribution in [3.63, 3.8) is 0 Å². The van der Waals surface area contributed by atoms with Crippen LogP contribution in [0.2, 0.25) is 0 Å². The molecule has 1 aliphatic heterocycles. The lowest BCUT2D eigenvalue weighted by Crippen LogP contribution is -2.48. The molecule has 1 heterocycles. The number of aryl methyl sites for hydroxylation is 1. The maximum Gasteiger partial charge on any atom is 0.0478 e. The summed E-state index contributed by atoms with van der Waals surface area (Å²) in [7, 11) is 2.11. The number of nitrogens with one attached hydrogen (secondary N) is 1. The number of hydrogen-bond acceptors (Lipinski definition) is 2. The molecule has 1 aromatic rings. The minimum Gasteiger partial charge on any atom is -0.312 e. The van der Waals surface area contributed by atoms with E-state index in [1.54, 1.807) is 5.56 Å². The predicted molar refractivity (Wildman–Crippen MR) is 75.8 cm³/mol. The van der Waals surface area contributed by atoms with Gasteiger partial charge in [0, 0.05) is 12.1 Å². The van der Waals surface area contributed by atoms with Gasteiger partial charge in [0.2, 0.25) is 0 Å². The molecule has 0 bridgehead atoms. The van der Waals surface area contributed by atoms with Crippen molar-refractivity contribution in [3.05, 3.63) is 35.4 Å². The number of nitrogens with zero attached hydrogens (tertiary/aromatic N) is 1. The minimum atomic E-state index is 0.521. The Bertz CT molecular complexity index is 396. The molecule has 0 saturated carbocycles. The highest BCUT2D eigenvalue weighted by molar-refractivity contribution is 5.34. The minimum absolute atomic E-state index is 0.521. The van der Waals surface area contributed by atoms with E-state index >= 15 is 0 Å². The van der Waals surface area contributed by atoms with E-state index in [-0.39, 0.29) is 0 Å². The van der Waals surface area contributed by atoms with Crippen molar-refractivity contribution in [2.75, 3.05) is 20.1 Å². The van der Waals surface area contributed by atoms with Crippen molar-refractivity contribution in [1.82, 2.24) is 10.2 Å². The van der Waals surface area contributed by atoms with Gasteiger partial charge in [-0.2, -0.15) is 0 Å². The summed E-state index contributed by atoms with van der Waals surface area (Å²) in [6, 6.07) is 10.2. The molecular formula is C16H24N2. The summed E-state index contributed by atoms with van der Waals surface area (Å²) in [6.07, 6.45) is 6.74. The van der Waals surface area contributed by atoms with Crippen molar-refractivity contribution in [1.29, 1.82) is 0 Å². The highest BCUT2D eigenvalue weighted by Crippen LogP contribution is 2.33. The Kier molecular flexibility index (Phi) is 3.67. The topological polar surface area (TPSA) is 15.3 Å². The van der Waals surface area contributed by atoms with E-state index in [1.165, 1.54) is 50.8 Å². The number of likely N-dealkylation sites (tertiary alicyclic amines) is 1. The second-order valence-electron chi connectivity index (χ2n) is 5.67. The fraction of sp³-hybridized carbons (Fsp3) is 0.625. The van der Waals surface area contributed by atoms with Crippen LogP contribution in [0.15, 0.2) is 24.3 Å². The molecule has 1 N–H and O–H groups in total. The summed E-state index contributed by atoms with van der Waals surface area (Å²) in [5.41, 5.74) is 3.08. The monoisotopic (exact) mass is 244 g/mol. The Hall–Kier alpha value is -0.860. The van der Waals surface area contributed by atoms with Crippen molar-refractivity contribution in [3.8, 4) is 0 Å². The summed E-state index contributed by atoms with van der Waals surface area (Å²) >= 11 is 0. The molecule has 1 fully saturated rings. The van der Waals surface area contributed by atoms with Gasteiger partial charge in [-0.15, -0.1) is 0 Å². The van der Waals surface area contributed by atoms with Gasteiger partial charge in [0.25, 0.3) is 0 Å². The summed E-state index contributed by atoms with van der Waals surface area (Å²) in [5, 5.41) is 3.57. The fourth-order valence-electron chi connectivity index (χ4n) is 3.73. The Morgan fingerprint density at radius 1 is 1.11 bits per heavy atom. The van der Waals surface area contributed by atoms with Gasteiger partial charge in [0.05, 0.1) is 0 Å². The normalized spacial score (nSPS) is 28.9. The number of benzene rings is 1. The Morgan fingerprint density at radius 3 is 2.67 bits per heavy atom. The van der Waals surface area contributed by atoms with Crippen LogP contribution < -0.4 is 5.32 Å². The third kappa shape index (κ3) is 2.19. The zero-order valence-corrected chi connectivity index (χ0v) is 11.4. The van der Waals surface area contributed by atoms with Gasteiger partial charge in [-0.25, -0.2) is 0 Å².